The number of carbonyl (C=O) groups excluding carboxylic acids is 1. The van der Waals surface area contributed by atoms with Gasteiger partial charge in [-0.1, -0.05) is 0 Å². The number of amides is 1. The van der Waals surface area contributed by atoms with Gasteiger partial charge in [-0.15, -0.1) is 0 Å². The molecule has 0 saturated heterocycles. The standard InChI is InChI=1S/C9H9BrN2O4/c10-9-6(2-1-3-11-9)12-7(13)4-16-5-8(14)15/h1-3H,4-5H2,(H,12,13)(H,14,15). The summed E-state index contributed by atoms with van der Waals surface area (Å²) in [5.41, 5.74) is 0.506. The summed E-state index contributed by atoms with van der Waals surface area (Å²) in [7, 11) is 0. The summed E-state index contributed by atoms with van der Waals surface area (Å²) in [6.07, 6.45) is 1.57. The van der Waals surface area contributed by atoms with Gasteiger partial charge >= 0.3 is 5.97 Å². The number of aromatic nitrogens is 1. The highest BCUT2D eigenvalue weighted by atomic mass is 79.9. The van der Waals surface area contributed by atoms with Crippen molar-refractivity contribution in [3.8, 4) is 0 Å². The Balaban J connectivity index is 2.40. The van der Waals surface area contributed by atoms with Crippen LogP contribution in [0.5, 0.6) is 0 Å². The summed E-state index contributed by atoms with van der Waals surface area (Å²) >= 11 is 3.16. The van der Waals surface area contributed by atoms with Crippen LogP contribution < -0.4 is 5.32 Å². The molecular weight excluding hydrogens is 280 g/mol. The van der Waals surface area contributed by atoms with Crippen LogP contribution in [0, 0.1) is 0 Å². The molecule has 16 heavy (non-hydrogen) atoms. The molecule has 0 spiro atoms. The zero-order valence-electron chi connectivity index (χ0n) is 8.14. The topological polar surface area (TPSA) is 88.5 Å². The molecule has 0 radical (unpaired) electrons. The van der Waals surface area contributed by atoms with Gasteiger partial charge in [-0.25, -0.2) is 9.78 Å². The minimum atomic E-state index is -1.12. The minimum absolute atomic E-state index is 0.312. The molecule has 1 amide bonds. The molecule has 0 unspecified atom stereocenters. The third-order valence-electron chi connectivity index (χ3n) is 1.49. The van der Waals surface area contributed by atoms with Gasteiger partial charge in [0.05, 0.1) is 5.69 Å². The molecule has 0 aliphatic rings. The number of hydrogen-bond acceptors (Lipinski definition) is 4. The van der Waals surface area contributed by atoms with E-state index in [4.69, 9.17) is 5.11 Å². The highest BCUT2D eigenvalue weighted by molar-refractivity contribution is 9.10. The zero-order chi connectivity index (χ0) is 12.0. The third kappa shape index (κ3) is 4.37. The van der Waals surface area contributed by atoms with Gasteiger partial charge in [-0.05, 0) is 28.1 Å². The molecule has 7 heteroatoms. The second kappa shape index (κ2) is 6.19. The molecule has 1 heterocycles. The summed E-state index contributed by atoms with van der Waals surface area (Å²) in [5, 5.41) is 10.8. The van der Waals surface area contributed by atoms with Gasteiger partial charge in [0.25, 0.3) is 0 Å². The first-order valence-corrected chi connectivity index (χ1v) is 5.09. The first-order valence-electron chi connectivity index (χ1n) is 4.29. The normalized spacial score (nSPS) is 9.81. The minimum Gasteiger partial charge on any atom is -0.480 e. The molecule has 0 bridgehead atoms. The van der Waals surface area contributed by atoms with Crippen LogP contribution in [0.1, 0.15) is 0 Å². The predicted molar refractivity (Wildman–Crippen MR) is 59.0 cm³/mol. The summed E-state index contributed by atoms with van der Waals surface area (Å²) in [6, 6.07) is 3.32. The lowest BCUT2D eigenvalue weighted by atomic mass is 10.4. The Bertz CT molecular complexity index is 397. The van der Waals surface area contributed by atoms with Crippen LogP contribution in [0.3, 0.4) is 0 Å². The van der Waals surface area contributed by atoms with Crippen molar-refractivity contribution in [2.45, 2.75) is 0 Å². The lowest BCUT2D eigenvalue weighted by molar-refractivity contribution is -0.143. The highest BCUT2D eigenvalue weighted by Crippen LogP contribution is 2.17. The maximum absolute atomic E-state index is 11.3. The van der Waals surface area contributed by atoms with Gasteiger partial charge in [0, 0.05) is 6.20 Å². The van der Waals surface area contributed by atoms with Crippen molar-refractivity contribution in [1.82, 2.24) is 4.98 Å². The van der Waals surface area contributed by atoms with Crippen molar-refractivity contribution in [1.29, 1.82) is 0 Å². The lowest BCUT2D eigenvalue weighted by Gasteiger charge is -2.05. The number of carboxylic acid groups (broad SMARTS) is 1. The smallest absolute Gasteiger partial charge is 0.329 e. The van der Waals surface area contributed by atoms with Crippen molar-refractivity contribution in [2.24, 2.45) is 0 Å². The van der Waals surface area contributed by atoms with E-state index in [9.17, 15) is 9.59 Å². The number of halogens is 1. The Hall–Kier alpha value is -1.47. The molecule has 0 saturated carbocycles. The van der Waals surface area contributed by atoms with E-state index in [1.807, 2.05) is 0 Å². The van der Waals surface area contributed by atoms with Crippen molar-refractivity contribution < 1.29 is 19.4 Å². The van der Waals surface area contributed by atoms with Crippen molar-refractivity contribution in [2.75, 3.05) is 18.5 Å². The third-order valence-corrected chi connectivity index (χ3v) is 2.12. The SMILES string of the molecule is O=C(O)COCC(=O)Nc1cccnc1Br. The molecular formula is C9H9BrN2O4. The van der Waals surface area contributed by atoms with Gasteiger partial charge in [0.15, 0.2) is 0 Å². The van der Waals surface area contributed by atoms with Crippen LogP contribution in [-0.2, 0) is 14.3 Å². The summed E-state index contributed by atoms with van der Waals surface area (Å²) in [6.45, 7) is -0.810. The fourth-order valence-corrected chi connectivity index (χ4v) is 1.25. The van der Waals surface area contributed by atoms with Crippen molar-refractivity contribution in [3.05, 3.63) is 22.9 Å². The van der Waals surface area contributed by atoms with Crippen molar-refractivity contribution >= 4 is 33.5 Å². The Morgan fingerprint density at radius 3 is 2.88 bits per heavy atom. The van der Waals surface area contributed by atoms with E-state index in [0.717, 1.165) is 0 Å². The largest absolute Gasteiger partial charge is 0.480 e. The van der Waals surface area contributed by atoms with Crippen LogP contribution in [-0.4, -0.2) is 35.2 Å². The van der Waals surface area contributed by atoms with E-state index >= 15 is 0 Å². The van der Waals surface area contributed by atoms with E-state index in [2.05, 4.69) is 31.0 Å². The molecule has 86 valence electrons. The molecule has 0 aliphatic carbocycles. The predicted octanol–water partition coefficient (Wildman–Crippen LogP) is 0.884. The molecule has 0 fully saturated rings. The van der Waals surface area contributed by atoms with Crippen LogP contribution >= 0.6 is 15.9 Å². The number of aliphatic carboxylic acids is 1. The number of carboxylic acids is 1. The number of pyridine rings is 1. The van der Waals surface area contributed by atoms with E-state index < -0.39 is 18.5 Å². The second-order valence-corrected chi connectivity index (χ2v) is 3.53. The summed E-state index contributed by atoms with van der Waals surface area (Å²) in [5.74, 6) is -1.55. The zero-order valence-corrected chi connectivity index (χ0v) is 9.73. The molecule has 6 nitrogen and oxygen atoms in total. The molecule has 0 aromatic carbocycles. The van der Waals surface area contributed by atoms with E-state index in [1.165, 1.54) is 0 Å². The fourth-order valence-electron chi connectivity index (χ4n) is 0.897. The Morgan fingerprint density at radius 1 is 1.50 bits per heavy atom. The molecule has 1 rings (SSSR count). The number of anilines is 1. The number of ether oxygens (including phenoxy) is 1. The summed E-state index contributed by atoms with van der Waals surface area (Å²) in [4.78, 5) is 25.3. The first kappa shape index (κ1) is 12.6. The van der Waals surface area contributed by atoms with Gasteiger partial charge < -0.3 is 15.2 Å². The molecule has 0 atom stereocenters. The van der Waals surface area contributed by atoms with Gasteiger partial charge in [-0.3, -0.25) is 4.79 Å². The lowest BCUT2D eigenvalue weighted by Crippen LogP contribution is -2.21. The van der Waals surface area contributed by atoms with Crippen LogP contribution in [0.4, 0.5) is 5.69 Å². The monoisotopic (exact) mass is 288 g/mol. The highest BCUT2D eigenvalue weighted by Gasteiger charge is 2.06. The fraction of sp³-hybridized carbons (Fsp3) is 0.222. The average molecular weight is 289 g/mol. The van der Waals surface area contributed by atoms with E-state index in [1.54, 1.807) is 18.3 Å². The van der Waals surface area contributed by atoms with Crippen molar-refractivity contribution in [3.63, 3.8) is 0 Å². The number of nitrogens with one attached hydrogen (secondary N) is 1. The molecule has 0 aliphatic heterocycles. The Morgan fingerprint density at radius 2 is 2.25 bits per heavy atom. The molecule has 2 N–H and O–H groups in total. The van der Waals surface area contributed by atoms with Crippen LogP contribution in [0.2, 0.25) is 0 Å². The average Bonchev–Trinajstić information content (AvgIpc) is 2.21. The quantitative estimate of drug-likeness (QED) is 0.786. The van der Waals surface area contributed by atoms with Gasteiger partial charge in [0.1, 0.15) is 17.8 Å². The number of hydrogen-bond donors (Lipinski definition) is 2. The van der Waals surface area contributed by atoms with Crippen LogP contribution in [0.15, 0.2) is 22.9 Å². The summed E-state index contributed by atoms with van der Waals surface area (Å²) < 4.78 is 5.12. The van der Waals surface area contributed by atoms with Gasteiger partial charge in [-0.2, -0.15) is 0 Å². The maximum Gasteiger partial charge on any atom is 0.329 e. The maximum atomic E-state index is 11.3. The van der Waals surface area contributed by atoms with E-state index in [-0.39, 0.29) is 6.61 Å². The van der Waals surface area contributed by atoms with E-state index in [0.29, 0.717) is 10.3 Å². The number of rotatable bonds is 5. The van der Waals surface area contributed by atoms with Crippen LogP contribution in [0.25, 0.3) is 0 Å². The Labute approximate surface area is 99.8 Å². The van der Waals surface area contributed by atoms with Gasteiger partial charge in [0.2, 0.25) is 5.91 Å². The molecule has 1 aromatic rings. The first-order chi connectivity index (χ1) is 7.59. The number of nitrogens with zero attached hydrogens (tertiary/aromatic N) is 1. The Kier molecular flexibility index (Phi) is 4.87. The number of carbonyl (C=O) groups is 2. The second-order valence-electron chi connectivity index (χ2n) is 2.78. The molecule has 1 aromatic heterocycles.